The maximum absolute atomic E-state index is 9.13. The average Bonchev–Trinajstić information content (AvgIpc) is 3.09. The van der Waals surface area contributed by atoms with Crippen molar-refractivity contribution in [1.29, 1.82) is 5.26 Å². The van der Waals surface area contributed by atoms with E-state index in [9.17, 15) is 0 Å². The fraction of sp³-hybridized carbons (Fsp3) is 0.462. The molecule has 1 atom stereocenters. The minimum atomic E-state index is -0.197. The Bertz CT molecular complexity index is 418. The third-order valence-corrected chi connectivity index (χ3v) is 2.86. The third-order valence-electron chi connectivity index (χ3n) is 2.86. The fourth-order valence-electron chi connectivity index (χ4n) is 1.77. The molecule has 84 valence electrons. The van der Waals surface area contributed by atoms with Gasteiger partial charge >= 0.3 is 0 Å². The number of methoxy groups -OCH3 is 1. The Morgan fingerprint density at radius 2 is 2.25 bits per heavy atom. The van der Waals surface area contributed by atoms with E-state index in [0.717, 1.165) is 16.9 Å². The van der Waals surface area contributed by atoms with Crippen LogP contribution in [0.4, 0.5) is 0 Å². The summed E-state index contributed by atoms with van der Waals surface area (Å²) in [4.78, 5) is 0. The molecule has 0 radical (unpaired) electrons. The molecule has 1 aliphatic carbocycles. The van der Waals surface area contributed by atoms with Crippen molar-refractivity contribution in [3.05, 3.63) is 29.3 Å². The van der Waals surface area contributed by atoms with Crippen molar-refractivity contribution in [1.82, 2.24) is 5.32 Å². The number of nitrogens with zero attached hydrogens (tertiary/aromatic N) is 1. The van der Waals surface area contributed by atoms with Crippen molar-refractivity contribution >= 4 is 0 Å². The molecule has 0 saturated heterocycles. The van der Waals surface area contributed by atoms with E-state index in [0.29, 0.717) is 6.04 Å². The third kappa shape index (κ3) is 2.34. The number of hydrogen-bond donors (Lipinski definition) is 1. The second-order valence-corrected chi connectivity index (χ2v) is 4.23. The molecule has 1 fully saturated rings. The molecule has 1 unspecified atom stereocenters. The monoisotopic (exact) mass is 216 g/mol. The van der Waals surface area contributed by atoms with Crippen LogP contribution in [0.15, 0.2) is 18.2 Å². The molecule has 3 nitrogen and oxygen atoms in total. The Balaban J connectivity index is 2.17. The molecule has 1 saturated carbocycles. The molecule has 1 aromatic rings. The molecule has 3 heteroatoms. The minimum Gasteiger partial charge on any atom is -0.496 e. The lowest BCUT2D eigenvalue weighted by Crippen LogP contribution is -2.22. The average molecular weight is 216 g/mol. The van der Waals surface area contributed by atoms with Gasteiger partial charge in [0.05, 0.1) is 13.2 Å². The number of rotatable bonds is 4. The summed E-state index contributed by atoms with van der Waals surface area (Å²) in [6.07, 6.45) is 2.38. The maximum atomic E-state index is 9.13. The Kier molecular flexibility index (Phi) is 3.12. The van der Waals surface area contributed by atoms with E-state index in [-0.39, 0.29) is 6.04 Å². The first-order valence-electron chi connectivity index (χ1n) is 5.55. The van der Waals surface area contributed by atoms with Crippen LogP contribution in [0.5, 0.6) is 5.75 Å². The normalized spacial score (nSPS) is 16.6. The highest BCUT2D eigenvalue weighted by Gasteiger charge is 2.25. The quantitative estimate of drug-likeness (QED) is 0.840. The van der Waals surface area contributed by atoms with Crippen LogP contribution >= 0.6 is 0 Å². The van der Waals surface area contributed by atoms with Crippen LogP contribution in [0.25, 0.3) is 0 Å². The molecule has 1 aliphatic rings. The van der Waals surface area contributed by atoms with Crippen molar-refractivity contribution < 1.29 is 4.74 Å². The Morgan fingerprint density at radius 3 is 2.75 bits per heavy atom. The van der Waals surface area contributed by atoms with E-state index in [2.05, 4.69) is 11.4 Å². The summed E-state index contributed by atoms with van der Waals surface area (Å²) in [5.74, 6) is 0.867. The second-order valence-electron chi connectivity index (χ2n) is 4.23. The lowest BCUT2D eigenvalue weighted by molar-refractivity contribution is 0.411. The number of nitrogens with one attached hydrogen (secondary N) is 1. The summed E-state index contributed by atoms with van der Waals surface area (Å²) in [7, 11) is 1.66. The van der Waals surface area contributed by atoms with Crippen LogP contribution < -0.4 is 10.1 Å². The van der Waals surface area contributed by atoms with Crippen LogP contribution in [0.1, 0.15) is 30.0 Å². The van der Waals surface area contributed by atoms with Crippen LogP contribution in [-0.2, 0) is 0 Å². The largest absolute Gasteiger partial charge is 0.496 e. The van der Waals surface area contributed by atoms with Gasteiger partial charge in [0.1, 0.15) is 11.8 Å². The fourth-order valence-corrected chi connectivity index (χ4v) is 1.77. The predicted molar refractivity (Wildman–Crippen MR) is 62.2 cm³/mol. The Morgan fingerprint density at radius 1 is 1.50 bits per heavy atom. The van der Waals surface area contributed by atoms with E-state index in [4.69, 9.17) is 10.00 Å². The second kappa shape index (κ2) is 4.54. The highest BCUT2D eigenvalue weighted by molar-refractivity contribution is 5.38. The minimum absolute atomic E-state index is 0.197. The highest BCUT2D eigenvalue weighted by Crippen LogP contribution is 2.26. The summed E-state index contributed by atoms with van der Waals surface area (Å²) >= 11 is 0. The number of hydrogen-bond acceptors (Lipinski definition) is 3. The van der Waals surface area contributed by atoms with E-state index in [1.807, 2.05) is 25.1 Å². The van der Waals surface area contributed by atoms with E-state index >= 15 is 0 Å². The van der Waals surface area contributed by atoms with E-state index < -0.39 is 0 Å². The molecular formula is C13H16N2O. The first-order chi connectivity index (χ1) is 7.74. The molecule has 0 amide bonds. The summed E-state index contributed by atoms with van der Waals surface area (Å²) in [6, 6.07) is 8.53. The van der Waals surface area contributed by atoms with Gasteiger partial charge in [-0.2, -0.15) is 5.26 Å². The molecule has 16 heavy (non-hydrogen) atoms. The standard InChI is InChI=1S/C13H16N2O/c1-9-7-10(3-6-13(9)16-2)12(8-14)15-11-4-5-11/h3,6-7,11-12,15H,4-5H2,1-2H3. The van der Waals surface area contributed by atoms with Crippen molar-refractivity contribution in [2.75, 3.05) is 7.11 Å². The van der Waals surface area contributed by atoms with Gasteiger partial charge in [0.25, 0.3) is 0 Å². The van der Waals surface area contributed by atoms with Gasteiger partial charge in [-0.15, -0.1) is 0 Å². The molecule has 0 aromatic heterocycles. The van der Waals surface area contributed by atoms with Gasteiger partial charge in [0, 0.05) is 6.04 Å². The lowest BCUT2D eigenvalue weighted by atomic mass is 10.0. The van der Waals surface area contributed by atoms with Gasteiger partial charge < -0.3 is 4.74 Å². The van der Waals surface area contributed by atoms with E-state index in [1.165, 1.54) is 12.8 Å². The van der Waals surface area contributed by atoms with Crippen LogP contribution in [-0.4, -0.2) is 13.2 Å². The lowest BCUT2D eigenvalue weighted by Gasteiger charge is -2.13. The topological polar surface area (TPSA) is 45.0 Å². The maximum Gasteiger partial charge on any atom is 0.121 e. The van der Waals surface area contributed by atoms with Gasteiger partial charge in [-0.1, -0.05) is 6.07 Å². The molecule has 0 heterocycles. The molecule has 1 aromatic carbocycles. The highest BCUT2D eigenvalue weighted by atomic mass is 16.5. The number of nitriles is 1. The molecule has 0 spiro atoms. The summed E-state index contributed by atoms with van der Waals surface area (Å²) in [6.45, 7) is 1.99. The van der Waals surface area contributed by atoms with Crippen molar-refractivity contribution in [3.63, 3.8) is 0 Å². The van der Waals surface area contributed by atoms with Crippen LogP contribution in [0.2, 0.25) is 0 Å². The van der Waals surface area contributed by atoms with Gasteiger partial charge in [-0.05, 0) is 43.0 Å². The van der Waals surface area contributed by atoms with Gasteiger partial charge in [-0.3, -0.25) is 5.32 Å². The van der Waals surface area contributed by atoms with E-state index in [1.54, 1.807) is 7.11 Å². The molecule has 0 aliphatic heterocycles. The Labute approximate surface area is 96.0 Å². The zero-order valence-electron chi connectivity index (χ0n) is 9.66. The van der Waals surface area contributed by atoms with Gasteiger partial charge in [-0.25, -0.2) is 0 Å². The van der Waals surface area contributed by atoms with Crippen molar-refractivity contribution in [3.8, 4) is 11.8 Å². The molecule has 1 N–H and O–H groups in total. The summed E-state index contributed by atoms with van der Waals surface area (Å²) in [5.41, 5.74) is 2.09. The zero-order valence-corrected chi connectivity index (χ0v) is 9.66. The smallest absolute Gasteiger partial charge is 0.121 e. The first-order valence-corrected chi connectivity index (χ1v) is 5.55. The first kappa shape index (κ1) is 11.0. The summed E-state index contributed by atoms with van der Waals surface area (Å²) in [5, 5.41) is 12.4. The molecule has 2 rings (SSSR count). The van der Waals surface area contributed by atoms with Crippen LogP contribution in [0.3, 0.4) is 0 Å². The van der Waals surface area contributed by atoms with Gasteiger partial charge in [0.2, 0.25) is 0 Å². The van der Waals surface area contributed by atoms with Crippen molar-refractivity contribution in [2.45, 2.75) is 31.8 Å². The number of ether oxygens (including phenoxy) is 1. The van der Waals surface area contributed by atoms with Gasteiger partial charge in [0.15, 0.2) is 0 Å². The number of benzene rings is 1. The predicted octanol–water partition coefficient (Wildman–Crippen LogP) is 2.32. The van der Waals surface area contributed by atoms with Crippen LogP contribution in [0, 0.1) is 18.3 Å². The van der Waals surface area contributed by atoms with Crippen molar-refractivity contribution in [2.24, 2.45) is 0 Å². The molecule has 0 bridgehead atoms. The SMILES string of the molecule is COc1ccc(C(C#N)NC2CC2)cc1C. The number of aryl methyl sites for hydroxylation is 1. The zero-order chi connectivity index (χ0) is 11.5. The Hall–Kier alpha value is -1.53. The summed E-state index contributed by atoms with van der Waals surface area (Å²) < 4.78 is 5.20. The molecular weight excluding hydrogens is 200 g/mol.